The Morgan fingerprint density at radius 1 is 1.44 bits per heavy atom. The molecule has 1 saturated heterocycles. The predicted molar refractivity (Wildman–Crippen MR) is 76.8 cm³/mol. The summed E-state index contributed by atoms with van der Waals surface area (Å²) in [5.74, 6) is 0.995. The summed E-state index contributed by atoms with van der Waals surface area (Å²) in [6.45, 7) is 8.98. The minimum absolute atomic E-state index is 0.488. The van der Waals surface area contributed by atoms with Gasteiger partial charge in [0, 0.05) is 18.3 Å². The number of anilines is 1. The third-order valence-electron chi connectivity index (χ3n) is 3.95. The van der Waals surface area contributed by atoms with Gasteiger partial charge in [-0.25, -0.2) is 4.98 Å². The van der Waals surface area contributed by atoms with Crippen LogP contribution in [0.15, 0.2) is 18.3 Å². The largest absolute Gasteiger partial charge is 0.368 e. The molecule has 0 aromatic carbocycles. The van der Waals surface area contributed by atoms with E-state index in [0.29, 0.717) is 12.1 Å². The maximum atomic E-state index is 4.54. The zero-order valence-electron chi connectivity index (χ0n) is 11.8. The molecule has 0 saturated carbocycles. The lowest BCUT2D eigenvalue weighted by atomic mass is 10.1. The second-order valence-corrected chi connectivity index (χ2v) is 5.22. The molecule has 2 rings (SSSR count). The summed E-state index contributed by atoms with van der Waals surface area (Å²) >= 11 is 0. The first-order chi connectivity index (χ1) is 8.74. The van der Waals surface area contributed by atoms with E-state index < -0.39 is 0 Å². The van der Waals surface area contributed by atoms with Crippen molar-refractivity contribution in [2.24, 2.45) is 0 Å². The maximum absolute atomic E-state index is 4.54. The molecule has 1 aliphatic rings. The van der Waals surface area contributed by atoms with Crippen molar-refractivity contribution in [3.8, 4) is 0 Å². The van der Waals surface area contributed by atoms with Gasteiger partial charge in [-0.15, -0.1) is 0 Å². The van der Waals surface area contributed by atoms with Gasteiger partial charge in [-0.3, -0.25) is 4.90 Å². The molecular weight excluding hydrogens is 222 g/mol. The third kappa shape index (κ3) is 3.02. The first-order valence-corrected chi connectivity index (χ1v) is 7.21. The molecule has 1 N–H and O–H groups in total. The van der Waals surface area contributed by atoms with Crippen molar-refractivity contribution in [2.45, 2.75) is 52.1 Å². The smallest absolute Gasteiger partial charge is 0.126 e. The fraction of sp³-hybridized carbons (Fsp3) is 0.667. The van der Waals surface area contributed by atoms with Crippen molar-refractivity contribution in [1.29, 1.82) is 0 Å². The highest BCUT2D eigenvalue weighted by Gasteiger charge is 2.24. The van der Waals surface area contributed by atoms with Crippen LogP contribution in [0.3, 0.4) is 0 Å². The van der Waals surface area contributed by atoms with Crippen LogP contribution in [0.4, 0.5) is 5.82 Å². The molecule has 0 amide bonds. The van der Waals surface area contributed by atoms with Crippen LogP contribution < -0.4 is 5.32 Å². The number of likely N-dealkylation sites (tertiary alicyclic amines) is 1. The van der Waals surface area contributed by atoms with Crippen LogP contribution in [-0.4, -0.2) is 29.0 Å². The summed E-state index contributed by atoms with van der Waals surface area (Å²) in [4.78, 5) is 7.08. The van der Waals surface area contributed by atoms with Crippen LogP contribution in [0, 0.1) is 0 Å². The SMILES string of the molecule is CC[C@@H](C)Nc1ccc([C@@H]2CCCN2CC)cn1. The minimum atomic E-state index is 0.488. The Hall–Kier alpha value is -1.09. The zero-order valence-corrected chi connectivity index (χ0v) is 11.8. The van der Waals surface area contributed by atoms with Crippen LogP contribution in [0.2, 0.25) is 0 Å². The molecule has 1 aromatic heterocycles. The third-order valence-corrected chi connectivity index (χ3v) is 3.95. The van der Waals surface area contributed by atoms with Crippen molar-refractivity contribution < 1.29 is 0 Å². The van der Waals surface area contributed by atoms with Gasteiger partial charge in [0.2, 0.25) is 0 Å². The molecule has 3 heteroatoms. The lowest BCUT2D eigenvalue weighted by molar-refractivity contribution is 0.271. The molecule has 1 aliphatic heterocycles. The number of rotatable bonds is 5. The maximum Gasteiger partial charge on any atom is 0.126 e. The fourth-order valence-electron chi connectivity index (χ4n) is 2.62. The van der Waals surface area contributed by atoms with Gasteiger partial charge in [-0.2, -0.15) is 0 Å². The molecule has 18 heavy (non-hydrogen) atoms. The Morgan fingerprint density at radius 2 is 2.28 bits per heavy atom. The molecular formula is C15H25N3. The van der Waals surface area contributed by atoms with E-state index in [1.54, 1.807) is 0 Å². The van der Waals surface area contributed by atoms with E-state index in [1.165, 1.54) is 24.9 Å². The lowest BCUT2D eigenvalue weighted by Gasteiger charge is -2.23. The highest BCUT2D eigenvalue weighted by atomic mass is 15.2. The lowest BCUT2D eigenvalue weighted by Crippen LogP contribution is -2.22. The summed E-state index contributed by atoms with van der Waals surface area (Å²) in [5, 5.41) is 3.41. The van der Waals surface area contributed by atoms with E-state index in [9.17, 15) is 0 Å². The Labute approximate surface area is 111 Å². The first-order valence-electron chi connectivity index (χ1n) is 7.21. The topological polar surface area (TPSA) is 28.2 Å². The minimum Gasteiger partial charge on any atom is -0.368 e. The predicted octanol–water partition coefficient (Wildman–Crippen LogP) is 3.45. The molecule has 2 heterocycles. The van der Waals surface area contributed by atoms with Gasteiger partial charge in [-0.1, -0.05) is 19.9 Å². The number of aromatic nitrogens is 1. The number of pyridine rings is 1. The second kappa shape index (κ2) is 6.19. The van der Waals surface area contributed by atoms with E-state index in [-0.39, 0.29) is 0 Å². The monoisotopic (exact) mass is 247 g/mol. The number of hydrogen-bond donors (Lipinski definition) is 1. The summed E-state index contributed by atoms with van der Waals surface area (Å²) in [5.41, 5.74) is 1.36. The van der Waals surface area contributed by atoms with Crippen LogP contribution in [0.25, 0.3) is 0 Å². The highest BCUT2D eigenvalue weighted by molar-refractivity contribution is 5.37. The summed E-state index contributed by atoms with van der Waals surface area (Å²) in [6, 6.07) is 5.42. The van der Waals surface area contributed by atoms with Crippen molar-refractivity contribution in [2.75, 3.05) is 18.4 Å². The molecule has 3 nitrogen and oxygen atoms in total. The molecule has 1 aromatic rings. The number of nitrogens with zero attached hydrogens (tertiary/aromatic N) is 2. The van der Waals surface area contributed by atoms with E-state index >= 15 is 0 Å². The summed E-state index contributed by atoms with van der Waals surface area (Å²) in [6.07, 6.45) is 5.75. The van der Waals surface area contributed by atoms with Crippen molar-refractivity contribution in [3.63, 3.8) is 0 Å². The molecule has 0 unspecified atom stereocenters. The van der Waals surface area contributed by atoms with Gasteiger partial charge in [0.05, 0.1) is 0 Å². The molecule has 2 atom stereocenters. The van der Waals surface area contributed by atoms with Crippen LogP contribution in [0.1, 0.15) is 51.6 Å². The second-order valence-electron chi connectivity index (χ2n) is 5.22. The quantitative estimate of drug-likeness (QED) is 0.864. The first kappa shape index (κ1) is 13.3. The van der Waals surface area contributed by atoms with Crippen LogP contribution in [0.5, 0.6) is 0 Å². The molecule has 0 radical (unpaired) electrons. The normalized spacial score (nSPS) is 22.1. The van der Waals surface area contributed by atoms with Gasteiger partial charge in [0.1, 0.15) is 5.82 Å². The Balaban J connectivity index is 2.03. The van der Waals surface area contributed by atoms with Crippen molar-refractivity contribution in [1.82, 2.24) is 9.88 Å². The van der Waals surface area contributed by atoms with Gasteiger partial charge >= 0.3 is 0 Å². The zero-order chi connectivity index (χ0) is 13.0. The van der Waals surface area contributed by atoms with Crippen molar-refractivity contribution in [3.05, 3.63) is 23.9 Å². The number of nitrogens with one attached hydrogen (secondary N) is 1. The Morgan fingerprint density at radius 3 is 2.89 bits per heavy atom. The Kier molecular flexibility index (Phi) is 4.59. The fourth-order valence-corrected chi connectivity index (χ4v) is 2.62. The molecule has 0 bridgehead atoms. The Bertz CT molecular complexity index is 361. The standard InChI is InChI=1S/C15H25N3/c1-4-12(3)17-15-9-8-13(11-16-15)14-7-6-10-18(14)5-2/h8-9,11-12,14H,4-7,10H2,1-3H3,(H,16,17)/t12-,14+/m1/s1. The molecule has 0 aliphatic carbocycles. The van der Waals surface area contributed by atoms with Crippen LogP contribution >= 0.6 is 0 Å². The van der Waals surface area contributed by atoms with Crippen LogP contribution in [-0.2, 0) is 0 Å². The van der Waals surface area contributed by atoms with Gasteiger partial charge in [0.25, 0.3) is 0 Å². The van der Waals surface area contributed by atoms with E-state index in [0.717, 1.165) is 18.8 Å². The summed E-state index contributed by atoms with van der Waals surface area (Å²) < 4.78 is 0. The average Bonchev–Trinajstić information content (AvgIpc) is 2.87. The highest BCUT2D eigenvalue weighted by Crippen LogP contribution is 2.31. The summed E-state index contributed by atoms with van der Waals surface area (Å²) in [7, 11) is 0. The van der Waals surface area contributed by atoms with E-state index in [2.05, 4.69) is 48.1 Å². The number of hydrogen-bond acceptors (Lipinski definition) is 3. The van der Waals surface area contributed by atoms with E-state index in [1.807, 2.05) is 6.20 Å². The average molecular weight is 247 g/mol. The molecule has 0 spiro atoms. The van der Waals surface area contributed by atoms with Crippen molar-refractivity contribution >= 4 is 5.82 Å². The van der Waals surface area contributed by atoms with E-state index in [4.69, 9.17) is 0 Å². The molecule has 100 valence electrons. The molecule has 1 fully saturated rings. The van der Waals surface area contributed by atoms with Gasteiger partial charge in [0.15, 0.2) is 0 Å². The van der Waals surface area contributed by atoms with Gasteiger partial charge < -0.3 is 5.32 Å². The van der Waals surface area contributed by atoms with Gasteiger partial charge in [-0.05, 0) is 50.9 Å².